The van der Waals surface area contributed by atoms with Gasteiger partial charge in [0.1, 0.15) is 0 Å². The Hall–Kier alpha value is -2.31. The van der Waals surface area contributed by atoms with Gasteiger partial charge in [-0.1, -0.05) is 26.7 Å². The Kier molecular flexibility index (Phi) is 7.15. The molecule has 122 valence electrons. The maximum absolute atomic E-state index is 11.8. The molecule has 0 saturated heterocycles. The number of hydrogen-bond acceptors (Lipinski definition) is 4. The predicted molar refractivity (Wildman–Crippen MR) is 78.7 cm³/mol. The topological polar surface area (TPSA) is 109 Å². The number of aliphatic carboxylic acids is 1. The molecule has 0 aliphatic carbocycles. The third-order valence-electron chi connectivity index (χ3n) is 3.44. The first-order chi connectivity index (χ1) is 10.5. The van der Waals surface area contributed by atoms with E-state index in [2.05, 4.69) is 10.9 Å². The quantitative estimate of drug-likeness (QED) is 0.636. The van der Waals surface area contributed by atoms with Gasteiger partial charge in [0, 0.05) is 6.42 Å². The number of nitrogens with one attached hydrogen (secondary N) is 2. The minimum atomic E-state index is -0.895. The first-order valence-electron chi connectivity index (χ1n) is 7.31. The highest BCUT2D eigenvalue weighted by atomic mass is 16.4. The first-order valence-corrected chi connectivity index (χ1v) is 7.31. The molecule has 0 aliphatic heterocycles. The van der Waals surface area contributed by atoms with Crippen LogP contribution in [0.5, 0.6) is 0 Å². The van der Waals surface area contributed by atoms with Gasteiger partial charge in [0.25, 0.3) is 0 Å². The van der Waals surface area contributed by atoms with Gasteiger partial charge in [-0.3, -0.25) is 25.2 Å². The maximum atomic E-state index is 11.8. The van der Waals surface area contributed by atoms with E-state index in [4.69, 9.17) is 4.42 Å². The molecule has 0 bridgehead atoms. The van der Waals surface area contributed by atoms with Gasteiger partial charge in [0.2, 0.25) is 5.91 Å². The van der Waals surface area contributed by atoms with Crippen molar-refractivity contribution in [3.05, 3.63) is 24.2 Å². The summed E-state index contributed by atoms with van der Waals surface area (Å²) >= 11 is 0. The molecule has 1 heterocycles. The van der Waals surface area contributed by atoms with E-state index < -0.39 is 23.7 Å². The molecule has 2 amide bonds. The molecule has 0 aliphatic rings. The zero-order valence-electron chi connectivity index (χ0n) is 12.8. The number of furan rings is 1. The third kappa shape index (κ3) is 5.59. The predicted octanol–water partition coefficient (Wildman–Crippen LogP) is 1.96. The van der Waals surface area contributed by atoms with Gasteiger partial charge < -0.3 is 9.52 Å². The number of amides is 2. The van der Waals surface area contributed by atoms with Crippen LogP contribution in [0.1, 0.15) is 50.1 Å². The molecule has 7 heteroatoms. The van der Waals surface area contributed by atoms with E-state index in [0.29, 0.717) is 6.42 Å². The second-order valence-corrected chi connectivity index (χ2v) is 5.25. The fourth-order valence-corrected chi connectivity index (χ4v) is 2.16. The summed E-state index contributed by atoms with van der Waals surface area (Å²) in [5, 5.41) is 9.21. The van der Waals surface area contributed by atoms with Crippen molar-refractivity contribution in [1.82, 2.24) is 10.9 Å². The lowest BCUT2D eigenvalue weighted by Gasteiger charge is -2.19. The van der Waals surface area contributed by atoms with E-state index in [1.54, 1.807) is 13.0 Å². The van der Waals surface area contributed by atoms with Crippen LogP contribution in [-0.2, 0) is 9.59 Å². The van der Waals surface area contributed by atoms with Crippen LogP contribution in [0.3, 0.4) is 0 Å². The Balaban J connectivity index is 2.42. The highest BCUT2D eigenvalue weighted by Crippen LogP contribution is 2.21. The number of carbonyl (C=O) groups is 3. The van der Waals surface area contributed by atoms with Crippen molar-refractivity contribution in [2.75, 3.05) is 0 Å². The van der Waals surface area contributed by atoms with Crippen molar-refractivity contribution in [1.29, 1.82) is 0 Å². The molecule has 1 aromatic rings. The zero-order chi connectivity index (χ0) is 16.5. The molecule has 1 rings (SSSR count). The summed E-state index contributed by atoms with van der Waals surface area (Å²) in [6.45, 7) is 3.71. The molecule has 2 atom stereocenters. The number of unbranched alkanes of at least 4 members (excludes halogenated alkanes) is 1. The highest BCUT2D eigenvalue weighted by Gasteiger charge is 2.26. The number of carboxylic acid groups (broad SMARTS) is 1. The Bertz CT molecular complexity index is 498. The standard InChI is InChI=1S/C15H22N2O5/c1-3-4-6-11(15(20)21)10(2)9-13(18)16-17-14(19)12-7-5-8-22-12/h5,7-8,10-11H,3-4,6,9H2,1-2H3,(H,16,18)(H,17,19)(H,20,21)/t10-,11-/m1/s1. The van der Waals surface area contributed by atoms with Gasteiger partial charge in [0.15, 0.2) is 5.76 Å². The maximum Gasteiger partial charge on any atom is 0.306 e. The fourth-order valence-electron chi connectivity index (χ4n) is 2.16. The smallest absolute Gasteiger partial charge is 0.306 e. The highest BCUT2D eigenvalue weighted by molar-refractivity contribution is 5.92. The number of carboxylic acids is 1. The summed E-state index contributed by atoms with van der Waals surface area (Å²) in [6, 6.07) is 3.03. The normalized spacial score (nSPS) is 13.2. The fraction of sp³-hybridized carbons (Fsp3) is 0.533. The molecular formula is C15H22N2O5. The van der Waals surface area contributed by atoms with E-state index in [1.165, 1.54) is 12.3 Å². The van der Waals surface area contributed by atoms with Crippen LogP contribution in [0, 0.1) is 11.8 Å². The average molecular weight is 310 g/mol. The molecule has 7 nitrogen and oxygen atoms in total. The molecule has 1 aromatic heterocycles. The van der Waals surface area contributed by atoms with Gasteiger partial charge in [-0.2, -0.15) is 0 Å². The minimum absolute atomic E-state index is 0.0269. The molecule has 0 spiro atoms. The van der Waals surface area contributed by atoms with Crippen LogP contribution in [0.2, 0.25) is 0 Å². The van der Waals surface area contributed by atoms with Gasteiger partial charge in [-0.15, -0.1) is 0 Å². The van der Waals surface area contributed by atoms with Gasteiger partial charge >= 0.3 is 11.9 Å². The van der Waals surface area contributed by atoms with Crippen LogP contribution in [0.15, 0.2) is 22.8 Å². The Labute approximate surface area is 129 Å². The van der Waals surface area contributed by atoms with Crippen LogP contribution in [0.25, 0.3) is 0 Å². The lowest BCUT2D eigenvalue weighted by molar-refractivity contribution is -0.144. The number of carbonyl (C=O) groups excluding carboxylic acids is 2. The first kappa shape index (κ1) is 17.7. The minimum Gasteiger partial charge on any atom is -0.481 e. The van der Waals surface area contributed by atoms with Crippen LogP contribution in [0.4, 0.5) is 0 Å². The van der Waals surface area contributed by atoms with E-state index in [0.717, 1.165) is 12.8 Å². The van der Waals surface area contributed by atoms with Gasteiger partial charge in [0.05, 0.1) is 12.2 Å². The molecule has 0 aromatic carbocycles. The summed E-state index contributed by atoms with van der Waals surface area (Å²) in [5.41, 5.74) is 4.48. The van der Waals surface area contributed by atoms with Crippen molar-refractivity contribution in [2.24, 2.45) is 11.8 Å². The van der Waals surface area contributed by atoms with E-state index >= 15 is 0 Å². The van der Waals surface area contributed by atoms with Crippen LogP contribution >= 0.6 is 0 Å². The summed E-state index contributed by atoms with van der Waals surface area (Å²) in [4.78, 5) is 34.6. The number of hydrazine groups is 1. The molecule has 0 radical (unpaired) electrons. The summed E-state index contributed by atoms with van der Waals surface area (Å²) < 4.78 is 4.88. The molecule has 3 N–H and O–H groups in total. The van der Waals surface area contributed by atoms with E-state index in [-0.39, 0.29) is 18.1 Å². The summed E-state index contributed by atoms with van der Waals surface area (Å²) in [7, 11) is 0. The van der Waals surface area contributed by atoms with Crippen molar-refractivity contribution < 1.29 is 23.9 Å². The third-order valence-corrected chi connectivity index (χ3v) is 3.44. The Morgan fingerprint density at radius 1 is 1.32 bits per heavy atom. The number of hydrogen-bond donors (Lipinski definition) is 3. The van der Waals surface area contributed by atoms with Crippen molar-refractivity contribution in [2.45, 2.75) is 39.5 Å². The van der Waals surface area contributed by atoms with E-state index in [1.807, 2.05) is 6.92 Å². The van der Waals surface area contributed by atoms with Gasteiger partial charge in [-0.05, 0) is 24.5 Å². The lowest BCUT2D eigenvalue weighted by Crippen LogP contribution is -2.42. The molecule has 0 saturated carbocycles. The number of rotatable bonds is 8. The second-order valence-electron chi connectivity index (χ2n) is 5.25. The monoisotopic (exact) mass is 310 g/mol. The summed E-state index contributed by atoms with van der Waals surface area (Å²) in [6.07, 6.45) is 3.63. The second kappa shape index (κ2) is 8.86. The summed E-state index contributed by atoms with van der Waals surface area (Å²) in [5.74, 6) is -2.69. The zero-order valence-corrected chi connectivity index (χ0v) is 12.8. The molecule has 0 unspecified atom stereocenters. The largest absolute Gasteiger partial charge is 0.481 e. The van der Waals surface area contributed by atoms with Gasteiger partial charge in [-0.25, -0.2) is 0 Å². The Morgan fingerprint density at radius 3 is 2.59 bits per heavy atom. The molecule has 22 heavy (non-hydrogen) atoms. The lowest BCUT2D eigenvalue weighted by atomic mass is 9.87. The van der Waals surface area contributed by atoms with Crippen LogP contribution in [-0.4, -0.2) is 22.9 Å². The van der Waals surface area contributed by atoms with Crippen molar-refractivity contribution in [3.8, 4) is 0 Å². The molecular weight excluding hydrogens is 288 g/mol. The molecule has 0 fully saturated rings. The van der Waals surface area contributed by atoms with Crippen molar-refractivity contribution in [3.63, 3.8) is 0 Å². The van der Waals surface area contributed by atoms with Crippen molar-refractivity contribution >= 4 is 17.8 Å². The Morgan fingerprint density at radius 2 is 2.05 bits per heavy atom. The average Bonchev–Trinajstić information content (AvgIpc) is 2.99. The van der Waals surface area contributed by atoms with E-state index in [9.17, 15) is 19.5 Å². The van der Waals surface area contributed by atoms with Crippen LogP contribution < -0.4 is 10.9 Å². The SMILES string of the molecule is CCCC[C@@H](C(=O)O)[C@H](C)CC(=O)NNC(=O)c1ccco1.